The molecular weight excluding hydrogens is 469 g/mol. The average molecular weight is 504 g/mol. The molecule has 5 rings (SSSR count). The topological polar surface area (TPSA) is 57.5 Å². The number of fused-ring (bicyclic) bond motifs is 5. The van der Waals surface area contributed by atoms with E-state index in [1.165, 1.54) is 31.2 Å². The van der Waals surface area contributed by atoms with E-state index >= 15 is 0 Å². The van der Waals surface area contributed by atoms with E-state index in [2.05, 4.69) is 4.57 Å². The molecule has 1 aromatic heterocycles. The van der Waals surface area contributed by atoms with Gasteiger partial charge in [0, 0.05) is 16.5 Å². The van der Waals surface area contributed by atoms with E-state index in [9.17, 15) is 14.0 Å². The zero-order valence-corrected chi connectivity index (χ0v) is 22.2. The smallest absolute Gasteiger partial charge is 0.338 e. The number of methoxy groups -OCH3 is 1. The maximum atomic E-state index is 14.5. The van der Waals surface area contributed by atoms with Gasteiger partial charge in [0.1, 0.15) is 11.4 Å². The summed E-state index contributed by atoms with van der Waals surface area (Å²) in [5.41, 5.74) is 5.70. The lowest BCUT2D eigenvalue weighted by atomic mass is 9.81. The number of carbonyl (C=O) groups excluding carboxylic acids is 2. The second-order valence-corrected chi connectivity index (χ2v) is 11.2. The van der Waals surface area contributed by atoms with Gasteiger partial charge in [-0.15, -0.1) is 0 Å². The van der Waals surface area contributed by atoms with Crippen molar-refractivity contribution in [2.45, 2.75) is 77.9 Å². The third-order valence-electron chi connectivity index (χ3n) is 7.59. The van der Waals surface area contributed by atoms with E-state index in [0.29, 0.717) is 28.2 Å². The molecule has 5 nitrogen and oxygen atoms in total. The number of ether oxygens (including phenoxy) is 2. The number of esters is 2. The molecule has 3 aromatic rings. The van der Waals surface area contributed by atoms with Gasteiger partial charge in [-0.1, -0.05) is 25.3 Å². The van der Waals surface area contributed by atoms with Crippen molar-refractivity contribution in [2.75, 3.05) is 7.11 Å². The summed E-state index contributed by atoms with van der Waals surface area (Å²) in [6.07, 6.45) is 5.70. The highest BCUT2D eigenvalue weighted by molar-refractivity contribution is 6.04. The van der Waals surface area contributed by atoms with Crippen molar-refractivity contribution in [1.29, 1.82) is 0 Å². The van der Waals surface area contributed by atoms with E-state index < -0.39 is 11.6 Å². The quantitative estimate of drug-likeness (QED) is 0.349. The Balaban J connectivity index is 1.82. The zero-order chi connectivity index (χ0) is 26.5. The molecule has 1 aliphatic carbocycles. The Hall–Kier alpha value is -3.41. The van der Waals surface area contributed by atoms with Gasteiger partial charge >= 0.3 is 11.9 Å². The fourth-order valence-electron chi connectivity index (χ4n) is 5.91. The normalized spacial score (nSPS) is 16.3. The molecule has 0 saturated heterocycles. The lowest BCUT2D eigenvalue weighted by Gasteiger charge is -2.24. The molecule has 6 heteroatoms. The first-order valence-corrected chi connectivity index (χ1v) is 13.1. The Morgan fingerprint density at radius 2 is 1.70 bits per heavy atom. The fraction of sp³-hybridized carbons (Fsp3) is 0.419. The van der Waals surface area contributed by atoms with E-state index in [4.69, 9.17) is 9.47 Å². The van der Waals surface area contributed by atoms with Crippen LogP contribution in [-0.4, -0.2) is 29.2 Å². The van der Waals surface area contributed by atoms with Crippen molar-refractivity contribution in [1.82, 2.24) is 4.57 Å². The van der Waals surface area contributed by atoms with Gasteiger partial charge in [-0.2, -0.15) is 0 Å². The summed E-state index contributed by atoms with van der Waals surface area (Å²) in [5.74, 6) is -0.832. The highest BCUT2D eigenvalue weighted by Gasteiger charge is 2.32. The van der Waals surface area contributed by atoms with Crippen molar-refractivity contribution in [3.8, 4) is 11.3 Å². The van der Waals surface area contributed by atoms with Crippen LogP contribution in [0.25, 0.3) is 27.7 Å². The van der Waals surface area contributed by atoms with Crippen LogP contribution in [0.3, 0.4) is 0 Å². The Labute approximate surface area is 217 Å². The van der Waals surface area contributed by atoms with Gasteiger partial charge in [0.05, 0.1) is 30.5 Å². The van der Waals surface area contributed by atoms with Crippen molar-refractivity contribution in [2.24, 2.45) is 0 Å². The predicted molar refractivity (Wildman–Crippen MR) is 143 cm³/mol. The molecule has 194 valence electrons. The van der Waals surface area contributed by atoms with Crippen LogP contribution in [0.2, 0.25) is 0 Å². The molecule has 0 amide bonds. The van der Waals surface area contributed by atoms with Gasteiger partial charge in [0.2, 0.25) is 0 Å². The van der Waals surface area contributed by atoms with Crippen molar-refractivity contribution in [3.63, 3.8) is 0 Å². The third-order valence-corrected chi connectivity index (χ3v) is 7.59. The number of hydrogen-bond donors (Lipinski definition) is 0. The summed E-state index contributed by atoms with van der Waals surface area (Å²) in [6.45, 7) is 7.66. The molecular formula is C31H34FNO4. The maximum absolute atomic E-state index is 14.5. The molecule has 0 bridgehead atoms. The number of hydrogen-bond acceptors (Lipinski definition) is 4. The second kappa shape index (κ2) is 9.47. The molecule has 1 aliphatic heterocycles. The Morgan fingerprint density at radius 1 is 0.973 bits per heavy atom. The third kappa shape index (κ3) is 4.58. The van der Waals surface area contributed by atoms with Gasteiger partial charge in [-0.25, -0.2) is 14.0 Å². The fourth-order valence-corrected chi connectivity index (χ4v) is 5.91. The molecule has 0 spiro atoms. The average Bonchev–Trinajstić information content (AvgIpc) is 3.12. The van der Waals surface area contributed by atoms with Gasteiger partial charge in [0.15, 0.2) is 0 Å². The van der Waals surface area contributed by atoms with Crippen LogP contribution in [-0.2, 0) is 20.8 Å². The number of allylic oxidation sites excluding steroid dienone is 1. The van der Waals surface area contributed by atoms with Gasteiger partial charge in [-0.05, 0) is 93.5 Å². The van der Waals surface area contributed by atoms with Gasteiger partial charge < -0.3 is 14.0 Å². The molecule has 2 heterocycles. The summed E-state index contributed by atoms with van der Waals surface area (Å²) in [4.78, 5) is 25.9. The second-order valence-electron chi connectivity index (χ2n) is 11.2. The standard InChI is InChI=1S/C31H34FNO4/c1-18-24-16-21(32)12-14-22(24)28-27(19-9-7-6-8-10-19)23-13-11-20(29(34)37-31(2,3)4)15-26(23)33(28)17-25(18)30(35)36-5/h11-16,19H,6-10,17H2,1-5H3. The molecule has 1 fully saturated rings. The lowest BCUT2D eigenvalue weighted by Crippen LogP contribution is -2.23. The molecule has 2 aliphatic rings. The Morgan fingerprint density at radius 3 is 2.38 bits per heavy atom. The number of aromatic nitrogens is 1. The van der Waals surface area contributed by atoms with Crippen molar-refractivity contribution >= 4 is 28.4 Å². The molecule has 0 radical (unpaired) electrons. The highest BCUT2D eigenvalue weighted by atomic mass is 19.1. The largest absolute Gasteiger partial charge is 0.466 e. The number of rotatable bonds is 3. The molecule has 0 atom stereocenters. The van der Waals surface area contributed by atoms with Crippen LogP contribution in [0.5, 0.6) is 0 Å². The van der Waals surface area contributed by atoms with Crippen molar-refractivity contribution in [3.05, 3.63) is 64.5 Å². The maximum Gasteiger partial charge on any atom is 0.338 e. The Kier molecular flexibility index (Phi) is 6.47. The summed E-state index contributed by atoms with van der Waals surface area (Å²) in [6, 6.07) is 10.5. The first kappa shape index (κ1) is 25.2. The first-order valence-electron chi connectivity index (χ1n) is 13.1. The van der Waals surface area contributed by atoms with Gasteiger partial charge in [0.25, 0.3) is 0 Å². The molecule has 0 N–H and O–H groups in total. The summed E-state index contributed by atoms with van der Waals surface area (Å²) in [7, 11) is 1.36. The minimum atomic E-state index is -0.615. The molecule has 2 aromatic carbocycles. The zero-order valence-electron chi connectivity index (χ0n) is 22.2. The number of halogens is 1. The van der Waals surface area contributed by atoms with Crippen LogP contribution in [0, 0.1) is 5.82 Å². The highest BCUT2D eigenvalue weighted by Crippen LogP contribution is 2.48. The SMILES string of the molecule is COC(=O)C1=C(C)c2cc(F)ccc2-c2c(C3CCCCC3)c3ccc(C(=O)OC(C)(C)C)cc3n2C1. The van der Waals surface area contributed by atoms with Crippen LogP contribution in [0.1, 0.15) is 87.2 Å². The van der Waals surface area contributed by atoms with E-state index in [1.807, 2.05) is 52.0 Å². The van der Waals surface area contributed by atoms with E-state index in [-0.39, 0.29) is 18.3 Å². The van der Waals surface area contributed by atoms with E-state index in [0.717, 1.165) is 47.8 Å². The minimum Gasteiger partial charge on any atom is -0.466 e. The lowest BCUT2D eigenvalue weighted by molar-refractivity contribution is -0.136. The number of nitrogens with zero attached hydrogens (tertiary/aromatic N) is 1. The van der Waals surface area contributed by atoms with E-state index in [1.54, 1.807) is 0 Å². The summed E-state index contributed by atoms with van der Waals surface area (Å²) < 4.78 is 27.4. The first-order chi connectivity index (χ1) is 17.6. The van der Waals surface area contributed by atoms with Gasteiger partial charge in [-0.3, -0.25) is 0 Å². The molecule has 0 unspecified atom stereocenters. The minimum absolute atomic E-state index is 0.269. The molecule has 1 saturated carbocycles. The van der Waals surface area contributed by atoms with Crippen LogP contribution in [0.4, 0.5) is 4.39 Å². The summed E-state index contributed by atoms with van der Waals surface area (Å²) >= 11 is 0. The number of benzene rings is 2. The number of carbonyl (C=O) groups is 2. The monoisotopic (exact) mass is 503 g/mol. The van der Waals surface area contributed by atoms with Crippen LogP contribution in [0.15, 0.2) is 42.0 Å². The summed E-state index contributed by atoms with van der Waals surface area (Å²) in [5, 5.41) is 1.06. The van der Waals surface area contributed by atoms with Crippen molar-refractivity contribution < 1.29 is 23.5 Å². The van der Waals surface area contributed by atoms with Crippen LogP contribution < -0.4 is 0 Å². The predicted octanol–water partition coefficient (Wildman–Crippen LogP) is 7.41. The Bertz CT molecular complexity index is 1430. The molecule has 37 heavy (non-hydrogen) atoms. The van der Waals surface area contributed by atoms with Crippen LogP contribution >= 0.6 is 0 Å².